The average molecular weight is 479 g/mol. The zero-order valence-electron chi connectivity index (χ0n) is 19.4. The number of hydrogen-bond acceptors (Lipinski definition) is 3. The molecule has 0 aromatic heterocycles. The van der Waals surface area contributed by atoms with Crippen molar-refractivity contribution in [1.29, 1.82) is 0 Å². The number of amides is 2. The van der Waals surface area contributed by atoms with Gasteiger partial charge in [-0.2, -0.15) is 0 Å². The molecule has 7 heteroatoms. The highest BCUT2D eigenvalue weighted by atomic mass is 35.5. The van der Waals surface area contributed by atoms with E-state index in [0.717, 1.165) is 16.9 Å². The molecule has 2 aromatic rings. The van der Waals surface area contributed by atoms with E-state index in [1.54, 1.807) is 24.0 Å². The van der Waals surface area contributed by atoms with Crippen molar-refractivity contribution < 1.29 is 14.3 Å². The zero-order valence-corrected chi connectivity index (χ0v) is 20.9. The Morgan fingerprint density at radius 1 is 1.06 bits per heavy atom. The van der Waals surface area contributed by atoms with Crippen LogP contribution in [0.5, 0.6) is 5.75 Å². The van der Waals surface area contributed by atoms with Crippen molar-refractivity contribution in [3.05, 3.63) is 63.6 Å². The van der Waals surface area contributed by atoms with Crippen molar-refractivity contribution in [2.45, 2.75) is 65.6 Å². The summed E-state index contributed by atoms with van der Waals surface area (Å²) in [6, 6.07) is 12.4. The molecule has 5 nitrogen and oxygen atoms in total. The molecule has 0 aliphatic heterocycles. The van der Waals surface area contributed by atoms with E-state index in [1.165, 1.54) is 0 Å². The number of benzene rings is 2. The van der Waals surface area contributed by atoms with Crippen LogP contribution >= 0.6 is 23.2 Å². The van der Waals surface area contributed by atoms with Gasteiger partial charge in [0.1, 0.15) is 11.8 Å². The lowest BCUT2D eigenvalue weighted by Crippen LogP contribution is -2.52. The molecule has 0 fully saturated rings. The maximum Gasteiger partial charge on any atom is 0.242 e. The molecule has 0 saturated carbocycles. The minimum atomic E-state index is -0.644. The molecule has 0 aliphatic rings. The van der Waals surface area contributed by atoms with Crippen LogP contribution in [-0.4, -0.2) is 34.9 Å². The third-order valence-electron chi connectivity index (χ3n) is 4.83. The molecule has 174 valence electrons. The van der Waals surface area contributed by atoms with E-state index in [4.69, 9.17) is 27.9 Å². The second-order valence-electron chi connectivity index (χ2n) is 8.95. The van der Waals surface area contributed by atoms with Gasteiger partial charge in [0.25, 0.3) is 0 Å². The van der Waals surface area contributed by atoms with E-state index in [0.29, 0.717) is 23.1 Å². The van der Waals surface area contributed by atoms with Crippen molar-refractivity contribution >= 4 is 35.0 Å². The number of carbonyl (C=O) groups excluding carboxylic acids is 2. The molecule has 0 heterocycles. The summed E-state index contributed by atoms with van der Waals surface area (Å²) in [5.41, 5.74) is 1.57. The van der Waals surface area contributed by atoms with Crippen molar-refractivity contribution in [2.75, 3.05) is 6.61 Å². The summed E-state index contributed by atoms with van der Waals surface area (Å²) < 4.78 is 5.73. The predicted octanol–water partition coefficient (Wildman–Crippen LogP) is 5.79. The van der Waals surface area contributed by atoms with Crippen LogP contribution in [0.4, 0.5) is 0 Å². The topological polar surface area (TPSA) is 58.6 Å². The van der Waals surface area contributed by atoms with Gasteiger partial charge < -0.3 is 15.0 Å². The summed E-state index contributed by atoms with van der Waals surface area (Å²) in [4.78, 5) is 27.5. The molecule has 2 amide bonds. The summed E-state index contributed by atoms with van der Waals surface area (Å²) >= 11 is 12.2. The Morgan fingerprint density at radius 2 is 1.72 bits per heavy atom. The monoisotopic (exact) mass is 478 g/mol. The molecule has 1 N–H and O–H groups in total. The van der Waals surface area contributed by atoms with E-state index in [1.807, 2.05) is 58.0 Å². The third-order valence-corrected chi connectivity index (χ3v) is 5.57. The summed E-state index contributed by atoms with van der Waals surface area (Å²) in [5.74, 6) is 0.440. The fourth-order valence-corrected chi connectivity index (χ4v) is 3.40. The van der Waals surface area contributed by atoms with Gasteiger partial charge in [0.05, 0.1) is 16.7 Å². The first-order valence-corrected chi connectivity index (χ1v) is 11.5. The predicted molar refractivity (Wildman–Crippen MR) is 130 cm³/mol. The summed E-state index contributed by atoms with van der Waals surface area (Å²) in [6.07, 6.45) is 0.804. The quantitative estimate of drug-likeness (QED) is 0.463. The molecule has 0 bridgehead atoms. The van der Waals surface area contributed by atoms with Gasteiger partial charge >= 0.3 is 0 Å². The number of nitrogens with one attached hydrogen (secondary N) is 1. The molecular formula is C25H32Cl2N2O3. The molecular weight excluding hydrogens is 447 g/mol. The fraction of sp³-hybridized carbons (Fsp3) is 0.440. The van der Waals surface area contributed by atoms with E-state index in [2.05, 4.69) is 5.32 Å². The van der Waals surface area contributed by atoms with Crippen LogP contribution in [0.2, 0.25) is 10.0 Å². The van der Waals surface area contributed by atoms with Gasteiger partial charge in [-0.15, -0.1) is 0 Å². The normalized spacial score (nSPS) is 12.2. The standard InChI is InChI=1S/C25H32Cl2N2O3/c1-17-8-11-20(12-9-17)32-14-6-7-23(30)29(18(2)24(31)28-25(3,4)5)16-19-10-13-21(26)22(27)15-19/h8-13,15,18H,6-7,14,16H2,1-5H3,(H,28,31). The molecule has 0 radical (unpaired) electrons. The highest BCUT2D eigenvalue weighted by Gasteiger charge is 2.28. The highest BCUT2D eigenvalue weighted by molar-refractivity contribution is 6.42. The van der Waals surface area contributed by atoms with Gasteiger partial charge in [-0.3, -0.25) is 9.59 Å². The Morgan fingerprint density at radius 3 is 2.31 bits per heavy atom. The Bertz CT molecular complexity index is 924. The fourth-order valence-electron chi connectivity index (χ4n) is 3.08. The Hall–Kier alpha value is -2.24. The number of aryl methyl sites for hydroxylation is 1. The number of nitrogens with zero attached hydrogens (tertiary/aromatic N) is 1. The molecule has 0 spiro atoms. The lowest BCUT2D eigenvalue weighted by atomic mass is 10.1. The van der Waals surface area contributed by atoms with Crippen LogP contribution in [0, 0.1) is 6.92 Å². The molecule has 2 aromatic carbocycles. The summed E-state index contributed by atoms with van der Waals surface area (Å²) in [6.45, 7) is 10.1. The Labute approximate surface area is 201 Å². The largest absolute Gasteiger partial charge is 0.494 e. The minimum absolute atomic E-state index is 0.125. The van der Waals surface area contributed by atoms with Gasteiger partial charge in [0.2, 0.25) is 11.8 Å². The smallest absolute Gasteiger partial charge is 0.242 e. The van der Waals surface area contributed by atoms with Crippen molar-refractivity contribution in [3.63, 3.8) is 0 Å². The van der Waals surface area contributed by atoms with E-state index in [-0.39, 0.29) is 24.8 Å². The van der Waals surface area contributed by atoms with Crippen LogP contribution in [0.3, 0.4) is 0 Å². The van der Waals surface area contributed by atoms with Crippen molar-refractivity contribution in [2.24, 2.45) is 0 Å². The highest BCUT2D eigenvalue weighted by Crippen LogP contribution is 2.24. The SMILES string of the molecule is Cc1ccc(OCCCC(=O)N(Cc2ccc(Cl)c(Cl)c2)C(C)C(=O)NC(C)(C)C)cc1. The van der Waals surface area contributed by atoms with Crippen molar-refractivity contribution in [1.82, 2.24) is 10.2 Å². The number of hydrogen-bond donors (Lipinski definition) is 1. The summed E-state index contributed by atoms with van der Waals surface area (Å²) in [5, 5.41) is 3.81. The molecule has 1 atom stereocenters. The maximum atomic E-state index is 13.1. The van der Waals surface area contributed by atoms with E-state index < -0.39 is 11.6 Å². The van der Waals surface area contributed by atoms with Gasteiger partial charge in [0, 0.05) is 18.5 Å². The van der Waals surface area contributed by atoms with Crippen LogP contribution < -0.4 is 10.1 Å². The van der Waals surface area contributed by atoms with Crippen molar-refractivity contribution in [3.8, 4) is 5.75 Å². The molecule has 2 rings (SSSR count). The molecule has 32 heavy (non-hydrogen) atoms. The van der Waals surface area contributed by atoms with Crippen LogP contribution in [0.15, 0.2) is 42.5 Å². The lowest BCUT2D eigenvalue weighted by Gasteiger charge is -2.31. The minimum Gasteiger partial charge on any atom is -0.494 e. The number of rotatable bonds is 9. The average Bonchev–Trinajstić information content (AvgIpc) is 2.71. The number of carbonyl (C=O) groups is 2. The van der Waals surface area contributed by atoms with Gasteiger partial charge in [-0.05, 0) is 70.9 Å². The first-order chi connectivity index (χ1) is 15.0. The van der Waals surface area contributed by atoms with E-state index in [9.17, 15) is 9.59 Å². The Kier molecular flexibility index (Phi) is 9.41. The summed E-state index contributed by atoms with van der Waals surface area (Å²) in [7, 11) is 0. The molecule has 0 aliphatic carbocycles. The van der Waals surface area contributed by atoms with E-state index >= 15 is 0 Å². The second kappa shape index (κ2) is 11.6. The third kappa shape index (κ3) is 8.36. The number of ether oxygens (including phenoxy) is 1. The Balaban J connectivity index is 2.05. The van der Waals surface area contributed by atoms with Gasteiger partial charge in [0.15, 0.2) is 0 Å². The number of halogens is 2. The second-order valence-corrected chi connectivity index (χ2v) is 9.76. The first-order valence-electron chi connectivity index (χ1n) is 10.7. The first kappa shape index (κ1) is 26.0. The maximum absolute atomic E-state index is 13.1. The van der Waals surface area contributed by atoms with Crippen LogP contribution in [-0.2, 0) is 16.1 Å². The van der Waals surface area contributed by atoms with Gasteiger partial charge in [-0.1, -0.05) is 47.0 Å². The lowest BCUT2D eigenvalue weighted by molar-refractivity contribution is -0.141. The van der Waals surface area contributed by atoms with Gasteiger partial charge in [-0.25, -0.2) is 0 Å². The zero-order chi connectivity index (χ0) is 23.9. The molecule has 0 saturated heterocycles. The van der Waals surface area contributed by atoms with Crippen LogP contribution in [0.25, 0.3) is 0 Å². The van der Waals surface area contributed by atoms with Crippen LogP contribution in [0.1, 0.15) is 51.7 Å². The molecule has 1 unspecified atom stereocenters.